The zero-order valence-corrected chi connectivity index (χ0v) is 20.5. The molecule has 0 aliphatic heterocycles. The molecule has 0 unspecified atom stereocenters. The lowest BCUT2D eigenvalue weighted by Crippen LogP contribution is -2.29. The summed E-state index contributed by atoms with van der Waals surface area (Å²) in [6.45, 7) is 0. The van der Waals surface area contributed by atoms with Gasteiger partial charge >= 0.3 is 7.12 Å². The summed E-state index contributed by atoms with van der Waals surface area (Å²) in [5, 5.41) is 17.2. The van der Waals surface area contributed by atoms with Gasteiger partial charge in [0.05, 0.1) is 5.69 Å². The van der Waals surface area contributed by atoms with Crippen molar-refractivity contribution in [1.29, 1.82) is 0 Å². The molecule has 2 aromatic carbocycles. The van der Waals surface area contributed by atoms with Crippen LogP contribution in [0.15, 0.2) is 111 Å². The van der Waals surface area contributed by atoms with E-state index in [9.17, 15) is 0 Å². The molecule has 2 aromatic heterocycles. The van der Waals surface area contributed by atoms with Gasteiger partial charge < -0.3 is 10.0 Å². The van der Waals surface area contributed by atoms with Crippen LogP contribution >= 0.6 is 47.8 Å². The van der Waals surface area contributed by atoms with E-state index in [0.717, 1.165) is 24.8 Å². The van der Waals surface area contributed by atoms with Gasteiger partial charge in [-0.2, -0.15) is 0 Å². The number of hydrogen-bond acceptors (Lipinski definition) is 4. The van der Waals surface area contributed by atoms with Crippen LogP contribution in [-0.4, -0.2) is 27.1 Å². The molecule has 4 rings (SSSR count). The van der Waals surface area contributed by atoms with Crippen molar-refractivity contribution in [3.05, 3.63) is 111 Å². The van der Waals surface area contributed by atoms with E-state index in [1.54, 1.807) is 36.7 Å². The van der Waals surface area contributed by atoms with Crippen molar-refractivity contribution < 1.29 is 10.0 Å². The summed E-state index contributed by atoms with van der Waals surface area (Å²) in [6, 6.07) is 26.5. The van der Waals surface area contributed by atoms with Gasteiger partial charge in [-0.1, -0.05) is 92.5 Å². The Labute approximate surface area is 201 Å². The number of halogens is 3. The van der Waals surface area contributed by atoms with Crippen LogP contribution in [0.3, 0.4) is 0 Å². The number of nitrogens with zero attached hydrogens (tertiary/aromatic N) is 2. The fraction of sp³-hybridized carbons (Fsp3) is 0. The molecule has 152 valence electrons. The van der Waals surface area contributed by atoms with E-state index in [1.807, 2.05) is 48.5 Å². The largest absolute Gasteiger partial charge is 0.488 e. The smallest absolute Gasteiger partial charge is 0.423 e. The van der Waals surface area contributed by atoms with E-state index in [-0.39, 0.29) is 0 Å². The molecule has 8 heteroatoms. The minimum atomic E-state index is -1.34. The van der Waals surface area contributed by atoms with Gasteiger partial charge in [0.1, 0.15) is 4.60 Å². The molecule has 2 N–H and O–H groups in total. The maximum Gasteiger partial charge on any atom is 0.488 e. The Bertz CT molecular complexity index is 1010. The lowest BCUT2D eigenvalue weighted by Gasteiger charge is -1.99. The van der Waals surface area contributed by atoms with Crippen LogP contribution in [0.25, 0.3) is 11.3 Å². The van der Waals surface area contributed by atoms with Crippen molar-refractivity contribution in [3.63, 3.8) is 0 Å². The molecule has 0 saturated carbocycles. The van der Waals surface area contributed by atoms with Gasteiger partial charge in [0.25, 0.3) is 0 Å². The summed E-state index contributed by atoms with van der Waals surface area (Å²) < 4.78 is 2.95. The number of aromatic nitrogens is 2. The highest BCUT2D eigenvalue weighted by Gasteiger charge is 2.07. The zero-order chi connectivity index (χ0) is 21.8. The average molecular weight is 593 g/mol. The fourth-order valence-corrected chi connectivity index (χ4v) is 3.52. The van der Waals surface area contributed by atoms with Gasteiger partial charge in [0.2, 0.25) is 0 Å². The Hall–Kier alpha value is -1.84. The molecule has 0 fully saturated rings. The molecule has 0 spiro atoms. The predicted octanol–water partition coefficient (Wildman–Crippen LogP) is 5.48. The van der Waals surface area contributed by atoms with Gasteiger partial charge in [-0.05, 0) is 45.7 Å². The molecule has 0 saturated heterocycles. The maximum absolute atomic E-state index is 8.58. The second-order valence-electron chi connectivity index (χ2n) is 5.81. The topological polar surface area (TPSA) is 66.2 Å². The third-order valence-corrected chi connectivity index (χ3v) is 5.00. The second kappa shape index (κ2) is 13.5. The van der Waals surface area contributed by atoms with E-state index >= 15 is 0 Å². The van der Waals surface area contributed by atoms with Gasteiger partial charge in [0.15, 0.2) is 0 Å². The van der Waals surface area contributed by atoms with Crippen molar-refractivity contribution in [2.75, 3.05) is 0 Å². The molecule has 0 aliphatic rings. The standard InChI is InChI=1S/C11H8BrN.C6H7BO2.C5H3Br2N/c12-10-6-7-13-11(8-10)9-4-2-1-3-5-9;8-7(9)6-4-2-1-3-5-6;6-4-1-2-8-5(7)3-4/h1-8H;1-5,8-9H;1-3H. The summed E-state index contributed by atoms with van der Waals surface area (Å²) in [7, 11) is -1.34. The Morgan fingerprint density at radius 3 is 1.60 bits per heavy atom. The van der Waals surface area contributed by atoms with Gasteiger partial charge in [-0.25, -0.2) is 4.98 Å². The minimum Gasteiger partial charge on any atom is -0.423 e. The van der Waals surface area contributed by atoms with Gasteiger partial charge in [-0.3, -0.25) is 4.98 Å². The molecule has 0 bridgehead atoms. The van der Waals surface area contributed by atoms with Crippen LogP contribution in [0.5, 0.6) is 0 Å². The Balaban J connectivity index is 0.000000167. The summed E-state index contributed by atoms with van der Waals surface area (Å²) in [5.41, 5.74) is 2.66. The molecule has 4 aromatic rings. The number of pyridine rings is 2. The van der Waals surface area contributed by atoms with Crippen molar-refractivity contribution in [2.45, 2.75) is 0 Å². The molecule has 0 radical (unpaired) electrons. The predicted molar refractivity (Wildman–Crippen MR) is 133 cm³/mol. The molecule has 2 heterocycles. The molecular formula is C22H18BBr3N2O2. The van der Waals surface area contributed by atoms with E-state index in [1.165, 1.54) is 0 Å². The molecule has 0 atom stereocenters. The van der Waals surface area contributed by atoms with Crippen molar-refractivity contribution in [2.24, 2.45) is 0 Å². The minimum absolute atomic E-state index is 0.525. The lowest BCUT2D eigenvalue weighted by molar-refractivity contribution is 0.426. The monoisotopic (exact) mass is 590 g/mol. The molecule has 0 amide bonds. The highest BCUT2D eigenvalue weighted by molar-refractivity contribution is 9.11. The third-order valence-electron chi connectivity index (χ3n) is 3.58. The van der Waals surface area contributed by atoms with Crippen molar-refractivity contribution in [3.8, 4) is 11.3 Å². The quantitative estimate of drug-likeness (QED) is 0.239. The Kier molecular flexibility index (Phi) is 11.0. The van der Waals surface area contributed by atoms with Crippen molar-refractivity contribution >= 4 is 60.4 Å². The zero-order valence-electron chi connectivity index (χ0n) is 15.7. The SMILES string of the molecule is Brc1ccnc(-c2ccccc2)c1.Brc1ccnc(Br)c1.OB(O)c1ccccc1. The summed E-state index contributed by atoms with van der Waals surface area (Å²) >= 11 is 9.93. The highest BCUT2D eigenvalue weighted by Crippen LogP contribution is 2.19. The normalized spacial score (nSPS) is 9.50. The van der Waals surface area contributed by atoms with Crippen LogP contribution in [-0.2, 0) is 0 Å². The molecule has 0 aliphatic carbocycles. The first-order chi connectivity index (χ1) is 14.5. The number of rotatable bonds is 2. The first kappa shape index (κ1) is 24.4. The maximum atomic E-state index is 8.58. The second-order valence-corrected chi connectivity index (χ2v) is 8.45. The Morgan fingerprint density at radius 2 is 1.17 bits per heavy atom. The highest BCUT2D eigenvalue weighted by atomic mass is 79.9. The third kappa shape index (κ3) is 9.32. The van der Waals surface area contributed by atoms with Crippen LogP contribution in [0.1, 0.15) is 0 Å². The first-order valence-corrected chi connectivity index (χ1v) is 11.2. The van der Waals surface area contributed by atoms with Gasteiger partial charge in [0, 0.05) is 26.9 Å². The molecule has 4 nitrogen and oxygen atoms in total. The van der Waals surface area contributed by atoms with Crippen LogP contribution < -0.4 is 5.46 Å². The van der Waals surface area contributed by atoms with E-state index in [0.29, 0.717) is 5.46 Å². The summed E-state index contributed by atoms with van der Waals surface area (Å²) in [5.74, 6) is 0. The van der Waals surface area contributed by atoms with E-state index in [4.69, 9.17) is 10.0 Å². The lowest BCUT2D eigenvalue weighted by atomic mass is 9.81. The number of hydrogen-bond donors (Lipinski definition) is 2. The molecular weight excluding hydrogens is 575 g/mol. The van der Waals surface area contributed by atoms with E-state index in [2.05, 4.69) is 69.9 Å². The molecule has 30 heavy (non-hydrogen) atoms. The van der Waals surface area contributed by atoms with Crippen molar-refractivity contribution in [1.82, 2.24) is 9.97 Å². The first-order valence-electron chi connectivity index (χ1n) is 8.81. The summed E-state index contributed by atoms with van der Waals surface area (Å²) in [6.07, 6.45) is 3.53. The van der Waals surface area contributed by atoms with E-state index < -0.39 is 7.12 Å². The van der Waals surface area contributed by atoms with Crippen LogP contribution in [0.4, 0.5) is 0 Å². The average Bonchev–Trinajstić information content (AvgIpc) is 2.76. The van der Waals surface area contributed by atoms with Gasteiger partial charge in [-0.15, -0.1) is 0 Å². The fourth-order valence-electron chi connectivity index (χ4n) is 2.18. The van der Waals surface area contributed by atoms with Crippen LogP contribution in [0.2, 0.25) is 0 Å². The number of benzene rings is 2. The summed E-state index contributed by atoms with van der Waals surface area (Å²) in [4.78, 5) is 8.21. The van der Waals surface area contributed by atoms with Crippen LogP contribution in [0, 0.1) is 0 Å². The Morgan fingerprint density at radius 1 is 0.633 bits per heavy atom.